The maximum Gasteiger partial charge on any atom is 0.241 e. The smallest absolute Gasteiger partial charge is 0.241 e. The molecule has 6 nitrogen and oxygen atoms in total. The highest BCUT2D eigenvalue weighted by molar-refractivity contribution is 5.94. The number of hydrogen-bond donors (Lipinski definition) is 2. The van der Waals surface area contributed by atoms with Crippen LogP contribution in [0.25, 0.3) is 5.69 Å². The van der Waals surface area contributed by atoms with Crippen molar-refractivity contribution in [2.45, 2.75) is 32.7 Å². The van der Waals surface area contributed by atoms with Crippen molar-refractivity contribution in [3.63, 3.8) is 0 Å². The lowest BCUT2D eigenvalue weighted by Gasteiger charge is -2.12. The number of anilines is 1. The van der Waals surface area contributed by atoms with E-state index in [1.807, 2.05) is 42.7 Å². The zero-order valence-corrected chi connectivity index (χ0v) is 12.9. The maximum atomic E-state index is 11.9. The number of halogens is 1. The van der Waals surface area contributed by atoms with Gasteiger partial charge in [-0.1, -0.05) is 19.4 Å². The number of nitrogens with zero attached hydrogens (tertiary/aromatic N) is 3. The van der Waals surface area contributed by atoms with E-state index in [-0.39, 0.29) is 18.3 Å². The lowest BCUT2D eigenvalue weighted by Crippen LogP contribution is -2.35. The molecule has 0 saturated carbocycles. The van der Waals surface area contributed by atoms with Crippen molar-refractivity contribution < 1.29 is 4.79 Å². The number of nitrogens with one attached hydrogen (secondary N) is 1. The molecule has 0 spiro atoms. The van der Waals surface area contributed by atoms with E-state index in [9.17, 15) is 4.79 Å². The number of nitrogens with two attached hydrogens (primary N) is 1. The Balaban J connectivity index is 0.00000220. The molecule has 0 aliphatic rings. The molecule has 2 rings (SSSR count). The molecular formula is C14H20ClN5O. The van der Waals surface area contributed by atoms with E-state index in [0.29, 0.717) is 12.1 Å². The molecule has 0 saturated heterocycles. The first-order valence-electron chi connectivity index (χ1n) is 6.65. The Morgan fingerprint density at radius 1 is 1.48 bits per heavy atom. The number of rotatable bonds is 5. The molecular weight excluding hydrogens is 290 g/mol. The Bertz CT molecular complexity index is 599. The lowest BCUT2D eigenvalue weighted by atomic mass is 10.1. The summed E-state index contributed by atoms with van der Waals surface area (Å²) in [7, 11) is 0. The van der Waals surface area contributed by atoms with Crippen molar-refractivity contribution in [3.8, 4) is 5.69 Å². The van der Waals surface area contributed by atoms with Gasteiger partial charge < -0.3 is 11.1 Å². The fourth-order valence-corrected chi connectivity index (χ4v) is 1.96. The topological polar surface area (TPSA) is 85.8 Å². The molecule has 1 atom stereocenters. The van der Waals surface area contributed by atoms with Crippen molar-refractivity contribution in [2.24, 2.45) is 5.73 Å². The molecule has 3 N–H and O–H groups in total. The van der Waals surface area contributed by atoms with E-state index < -0.39 is 6.04 Å². The summed E-state index contributed by atoms with van der Waals surface area (Å²) >= 11 is 0. The Morgan fingerprint density at radius 2 is 2.24 bits per heavy atom. The van der Waals surface area contributed by atoms with Crippen molar-refractivity contribution in [3.05, 3.63) is 36.4 Å². The molecule has 0 fully saturated rings. The average molecular weight is 310 g/mol. The van der Waals surface area contributed by atoms with Gasteiger partial charge in [-0.15, -0.1) is 22.6 Å². The molecule has 0 aliphatic heterocycles. The predicted molar refractivity (Wildman–Crippen MR) is 84.9 cm³/mol. The number of amides is 1. The molecule has 0 radical (unpaired) electrons. The summed E-state index contributed by atoms with van der Waals surface area (Å²) in [5.74, 6) is 0.626. The van der Waals surface area contributed by atoms with Crippen LogP contribution in [0.15, 0.2) is 30.6 Å². The second-order valence-corrected chi connectivity index (χ2v) is 4.68. The van der Waals surface area contributed by atoms with Gasteiger partial charge >= 0.3 is 0 Å². The van der Waals surface area contributed by atoms with Gasteiger partial charge in [0.25, 0.3) is 0 Å². The summed E-state index contributed by atoms with van der Waals surface area (Å²) in [4.78, 5) is 11.9. The van der Waals surface area contributed by atoms with Crippen LogP contribution in [-0.4, -0.2) is 26.7 Å². The lowest BCUT2D eigenvalue weighted by molar-refractivity contribution is -0.117. The normalized spacial score (nSPS) is 11.6. The zero-order chi connectivity index (χ0) is 14.5. The van der Waals surface area contributed by atoms with Crippen LogP contribution >= 0.6 is 12.4 Å². The summed E-state index contributed by atoms with van der Waals surface area (Å²) in [5.41, 5.74) is 7.41. The van der Waals surface area contributed by atoms with Crippen molar-refractivity contribution in [2.75, 3.05) is 5.32 Å². The van der Waals surface area contributed by atoms with E-state index in [0.717, 1.165) is 17.9 Å². The van der Waals surface area contributed by atoms with Gasteiger partial charge in [0, 0.05) is 5.69 Å². The van der Waals surface area contributed by atoms with Crippen molar-refractivity contribution >= 4 is 24.0 Å². The maximum absolute atomic E-state index is 11.9. The standard InChI is InChI=1S/C14H19N5O.ClH/c1-3-5-13(15)14(20)17-11-6-4-7-12(8-11)19-9-16-18-10(19)2;/h4,6-9,13H,3,5,15H2,1-2H3,(H,17,20);1H. The van der Waals surface area contributed by atoms with Gasteiger partial charge in [0.2, 0.25) is 5.91 Å². The van der Waals surface area contributed by atoms with Crippen molar-refractivity contribution in [1.29, 1.82) is 0 Å². The summed E-state index contributed by atoms with van der Waals surface area (Å²) in [5, 5.41) is 10.6. The molecule has 1 aromatic carbocycles. The molecule has 2 aromatic rings. The van der Waals surface area contributed by atoms with E-state index >= 15 is 0 Å². The molecule has 0 bridgehead atoms. The van der Waals surface area contributed by atoms with Crippen LogP contribution in [-0.2, 0) is 4.79 Å². The fraction of sp³-hybridized carbons (Fsp3) is 0.357. The highest BCUT2D eigenvalue weighted by atomic mass is 35.5. The Labute approximate surface area is 130 Å². The summed E-state index contributed by atoms with van der Waals surface area (Å²) in [6.45, 7) is 3.87. The van der Waals surface area contributed by atoms with Crippen molar-refractivity contribution in [1.82, 2.24) is 14.8 Å². The first-order valence-corrected chi connectivity index (χ1v) is 6.65. The second kappa shape index (κ2) is 7.75. The molecule has 114 valence electrons. The molecule has 1 unspecified atom stereocenters. The van der Waals surface area contributed by atoms with Crippen LogP contribution in [0.4, 0.5) is 5.69 Å². The minimum atomic E-state index is -0.472. The Hall–Kier alpha value is -1.92. The van der Waals surface area contributed by atoms with Crippen LogP contribution in [0, 0.1) is 6.92 Å². The van der Waals surface area contributed by atoms with E-state index in [2.05, 4.69) is 15.5 Å². The number of carbonyl (C=O) groups is 1. The van der Waals surface area contributed by atoms with Crippen LogP contribution in [0.1, 0.15) is 25.6 Å². The largest absolute Gasteiger partial charge is 0.325 e. The number of aryl methyl sites for hydroxylation is 1. The molecule has 7 heteroatoms. The molecule has 1 aromatic heterocycles. The van der Waals surface area contributed by atoms with Gasteiger partial charge in [-0.05, 0) is 31.5 Å². The van der Waals surface area contributed by atoms with Gasteiger partial charge in [0.05, 0.1) is 11.7 Å². The number of benzene rings is 1. The SMILES string of the molecule is CCCC(N)C(=O)Nc1cccc(-n2cnnc2C)c1.Cl. The highest BCUT2D eigenvalue weighted by Crippen LogP contribution is 2.15. The molecule has 0 aliphatic carbocycles. The molecule has 21 heavy (non-hydrogen) atoms. The average Bonchev–Trinajstić information content (AvgIpc) is 2.85. The minimum Gasteiger partial charge on any atom is -0.325 e. The highest BCUT2D eigenvalue weighted by Gasteiger charge is 2.12. The number of hydrogen-bond acceptors (Lipinski definition) is 4. The third kappa shape index (κ3) is 4.27. The minimum absolute atomic E-state index is 0. The van der Waals surface area contributed by atoms with Crippen LogP contribution in [0.3, 0.4) is 0 Å². The van der Waals surface area contributed by atoms with Gasteiger partial charge in [-0.2, -0.15) is 0 Å². The van der Waals surface area contributed by atoms with Crippen LogP contribution in [0.5, 0.6) is 0 Å². The third-order valence-electron chi connectivity index (χ3n) is 3.05. The summed E-state index contributed by atoms with van der Waals surface area (Å²) in [6.07, 6.45) is 3.20. The van der Waals surface area contributed by atoms with E-state index in [4.69, 9.17) is 5.73 Å². The number of carbonyl (C=O) groups excluding carboxylic acids is 1. The number of aromatic nitrogens is 3. The Kier molecular flexibility index (Phi) is 6.33. The van der Waals surface area contributed by atoms with Gasteiger partial charge in [-0.25, -0.2) is 0 Å². The monoisotopic (exact) mass is 309 g/mol. The van der Waals surface area contributed by atoms with Gasteiger partial charge in [0.1, 0.15) is 12.2 Å². The van der Waals surface area contributed by atoms with Gasteiger partial charge in [-0.3, -0.25) is 9.36 Å². The van der Waals surface area contributed by atoms with E-state index in [1.54, 1.807) is 6.33 Å². The first-order chi connectivity index (χ1) is 9.61. The van der Waals surface area contributed by atoms with E-state index in [1.165, 1.54) is 0 Å². The first kappa shape index (κ1) is 17.1. The van der Waals surface area contributed by atoms with Gasteiger partial charge in [0.15, 0.2) is 0 Å². The molecule has 1 amide bonds. The molecule has 1 heterocycles. The van der Waals surface area contributed by atoms with Crippen LogP contribution in [0.2, 0.25) is 0 Å². The summed E-state index contributed by atoms with van der Waals surface area (Å²) < 4.78 is 1.85. The second-order valence-electron chi connectivity index (χ2n) is 4.68. The zero-order valence-electron chi connectivity index (χ0n) is 12.1. The third-order valence-corrected chi connectivity index (χ3v) is 3.05. The van der Waals surface area contributed by atoms with Crippen LogP contribution < -0.4 is 11.1 Å². The fourth-order valence-electron chi connectivity index (χ4n) is 1.96. The Morgan fingerprint density at radius 3 is 2.86 bits per heavy atom. The summed E-state index contributed by atoms with van der Waals surface area (Å²) in [6, 6.07) is 7.03. The quantitative estimate of drug-likeness (QED) is 0.885. The predicted octanol–water partition coefficient (Wildman–Crippen LogP) is 2.06.